The van der Waals surface area contributed by atoms with E-state index in [9.17, 15) is 4.79 Å². The number of urea groups is 1. The fourth-order valence-corrected chi connectivity index (χ4v) is 1.58. The minimum atomic E-state index is -0.280. The molecule has 2 amide bonds. The van der Waals surface area contributed by atoms with Crippen LogP contribution in [0.2, 0.25) is 5.02 Å². The van der Waals surface area contributed by atoms with Crippen LogP contribution in [0.5, 0.6) is 0 Å². The molecule has 0 bridgehead atoms. The van der Waals surface area contributed by atoms with Gasteiger partial charge in [-0.05, 0) is 34.7 Å². The summed E-state index contributed by atoms with van der Waals surface area (Å²) >= 11 is 5.75. The number of nitrogens with zero attached hydrogens (tertiary/aromatic N) is 4. The van der Waals surface area contributed by atoms with Crippen LogP contribution in [0.4, 0.5) is 10.5 Å². The lowest BCUT2D eigenvalue weighted by atomic mass is 10.3. The van der Waals surface area contributed by atoms with Crippen molar-refractivity contribution >= 4 is 23.3 Å². The van der Waals surface area contributed by atoms with E-state index in [-0.39, 0.29) is 6.03 Å². The van der Waals surface area contributed by atoms with Crippen molar-refractivity contribution < 1.29 is 4.79 Å². The van der Waals surface area contributed by atoms with Crippen molar-refractivity contribution in [2.75, 3.05) is 11.9 Å². The molecule has 0 radical (unpaired) electrons. The molecule has 0 saturated carbocycles. The molecule has 1 aromatic carbocycles. The zero-order chi connectivity index (χ0) is 13.7. The van der Waals surface area contributed by atoms with Crippen molar-refractivity contribution in [1.82, 2.24) is 25.5 Å². The minimum absolute atomic E-state index is 0.280. The largest absolute Gasteiger partial charge is 0.337 e. The summed E-state index contributed by atoms with van der Waals surface area (Å²) in [6, 6.07) is 6.60. The normalized spacial score (nSPS) is 10.2. The van der Waals surface area contributed by atoms with Crippen molar-refractivity contribution in [3.05, 3.63) is 35.1 Å². The Labute approximate surface area is 114 Å². The van der Waals surface area contributed by atoms with Gasteiger partial charge in [0, 0.05) is 30.7 Å². The first-order valence-corrected chi connectivity index (χ1v) is 6.04. The second-order valence-electron chi connectivity index (χ2n) is 3.86. The van der Waals surface area contributed by atoms with Gasteiger partial charge in [0.1, 0.15) is 0 Å². The number of anilines is 1. The molecule has 0 atom stereocenters. The highest BCUT2D eigenvalue weighted by molar-refractivity contribution is 6.30. The highest BCUT2D eigenvalue weighted by Gasteiger charge is 2.04. The number of amides is 2. The number of nitrogens with one attached hydrogen (secondary N) is 2. The van der Waals surface area contributed by atoms with E-state index >= 15 is 0 Å². The van der Waals surface area contributed by atoms with Crippen molar-refractivity contribution in [2.45, 2.75) is 6.42 Å². The molecule has 0 spiro atoms. The molecule has 0 aliphatic rings. The monoisotopic (exact) mass is 280 g/mol. The number of aryl methyl sites for hydroxylation is 1. The van der Waals surface area contributed by atoms with E-state index in [2.05, 4.69) is 26.2 Å². The van der Waals surface area contributed by atoms with Gasteiger partial charge in [-0.3, -0.25) is 0 Å². The van der Waals surface area contributed by atoms with Gasteiger partial charge < -0.3 is 10.6 Å². The van der Waals surface area contributed by atoms with Crippen molar-refractivity contribution in [3.8, 4) is 0 Å². The van der Waals surface area contributed by atoms with E-state index in [0.717, 1.165) is 0 Å². The molecule has 2 N–H and O–H groups in total. The van der Waals surface area contributed by atoms with Crippen LogP contribution in [-0.2, 0) is 13.5 Å². The number of carbonyl (C=O) groups excluding carboxylic acids is 1. The Kier molecular flexibility index (Phi) is 4.30. The molecule has 0 unspecified atom stereocenters. The van der Waals surface area contributed by atoms with E-state index in [1.54, 1.807) is 36.0 Å². The van der Waals surface area contributed by atoms with Crippen LogP contribution < -0.4 is 10.6 Å². The van der Waals surface area contributed by atoms with Gasteiger partial charge in [0.25, 0.3) is 0 Å². The maximum absolute atomic E-state index is 11.6. The van der Waals surface area contributed by atoms with Gasteiger partial charge in [-0.25, -0.2) is 9.48 Å². The van der Waals surface area contributed by atoms with Crippen LogP contribution in [0.15, 0.2) is 24.3 Å². The van der Waals surface area contributed by atoms with Crippen molar-refractivity contribution in [3.63, 3.8) is 0 Å². The number of aromatic nitrogens is 4. The average Bonchev–Trinajstić information content (AvgIpc) is 2.78. The summed E-state index contributed by atoms with van der Waals surface area (Å²) in [4.78, 5) is 11.6. The molecule has 2 rings (SSSR count). The number of hydrogen-bond acceptors (Lipinski definition) is 4. The molecule has 0 aliphatic carbocycles. The lowest BCUT2D eigenvalue weighted by Crippen LogP contribution is -2.30. The molecule has 7 nitrogen and oxygen atoms in total. The fraction of sp³-hybridized carbons (Fsp3) is 0.273. The zero-order valence-electron chi connectivity index (χ0n) is 10.3. The Balaban J connectivity index is 1.76. The van der Waals surface area contributed by atoms with Crippen LogP contribution in [0, 0.1) is 0 Å². The summed E-state index contributed by atoms with van der Waals surface area (Å²) in [7, 11) is 1.75. The van der Waals surface area contributed by atoms with Gasteiger partial charge >= 0.3 is 6.03 Å². The molecule has 2 aromatic rings. The lowest BCUT2D eigenvalue weighted by Gasteiger charge is -2.07. The van der Waals surface area contributed by atoms with Crippen molar-refractivity contribution in [2.24, 2.45) is 7.05 Å². The van der Waals surface area contributed by atoms with Crippen molar-refractivity contribution in [1.29, 1.82) is 0 Å². The number of carbonyl (C=O) groups is 1. The number of tetrazole rings is 1. The van der Waals surface area contributed by atoms with E-state index in [1.807, 2.05) is 0 Å². The minimum Gasteiger partial charge on any atom is -0.337 e. The Hall–Kier alpha value is -2.15. The molecular weight excluding hydrogens is 268 g/mol. The van der Waals surface area contributed by atoms with E-state index in [4.69, 9.17) is 11.6 Å². The predicted molar refractivity (Wildman–Crippen MR) is 71.0 cm³/mol. The van der Waals surface area contributed by atoms with Gasteiger partial charge in [-0.1, -0.05) is 11.6 Å². The molecule has 19 heavy (non-hydrogen) atoms. The van der Waals surface area contributed by atoms with E-state index < -0.39 is 0 Å². The molecule has 1 aromatic heterocycles. The van der Waals surface area contributed by atoms with Gasteiger partial charge in [-0.2, -0.15) is 0 Å². The summed E-state index contributed by atoms with van der Waals surface area (Å²) in [5.41, 5.74) is 0.683. The molecule has 100 valence electrons. The number of rotatable bonds is 4. The summed E-state index contributed by atoms with van der Waals surface area (Å²) < 4.78 is 1.57. The second kappa shape index (κ2) is 6.14. The Morgan fingerprint density at radius 3 is 2.74 bits per heavy atom. The van der Waals surface area contributed by atoms with E-state index in [0.29, 0.717) is 29.5 Å². The molecule has 1 heterocycles. The van der Waals surface area contributed by atoms with Crippen LogP contribution in [0.1, 0.15) is 5.82 Å². The Morgan fingerprint density at radius 1 is 1.37 bits per heavy atom. The first-order valence-electron chi connectivity index (χ1n) is 5.67. The third-order valence-electron chi connectivity index (χ3n) is 2.44. The number of hydrogen-bond donors (Lipinski definition) is 2. The van der Waals surface area contributed by atoms with Gasteiger partial charge in [0.05, 0.1) is 0 Å². The number of benzene rings is 1. The first kappa shape index (κ1) is 13.3. The van der Waals surface area contributed by atoms with Crippen LogP contribution in [0.25, 0.3) is 0 Å². The molecule has 0 fully saturated rings. The molecule has 0 saturated heterocycles. The average molecular weight is 281 g/mol. The fourth-order valence-electron chi connectivity index (χ4n) is 1.46. The summed E-state index contributed by atoms with van der Waals surface area (Å²) in [6.07, 6.45) is 0.567. The first-order chi connectivity index (χ1) is 9.15. The van der Waals surface area contributed by atoms with Gasteiger partial charge in [0.2, 0.25) is 0 Å². The van der Waals surface area contributed by atoms with Crippen LogP contribution in [-0.4, -0.2) is 32.8 Å². The van der Waals surface area contributed by atoms with Gasteiger partial charge in [-0.15, -0.1) is 5.10 Å². The van der Waals surface area contributed by atoms with E-state index in [1.165, 1.54) is 0 Å². The summed E-state index contributed by atoms with van der Waals surface area (Å²) in [6.45, 7) is 0.452. The summed E-state index contributed by atoms with van der Waals surface area (Å²) in [5.74, 6) is 0.715. The molecule has 8 heteroatoms. The zero-order valence-corrected chi connectivity index (χ0v) is 11.1. The standard InChI is InChI=1S/C11H13ClN6O/c1-18-10(15-16-17-18)6-7-13-11(19)14-9-4-2-8(12)3-5-9/h2-5H,6-7H2,1H3,(H2,13,14,19). The van der Waals surface area contributed by atoms with Crippen LogP contribution in [0.3, 0.4) is 0 Å². The topological polar surface area (TPSA) is 84.7 Å². The second-order valence-corrected chi connectivity index (χ2v) is 4.29. The molecule has 0 aliphatic heterocycles. The predicted octanol–water partition coefficient (Wildman–Crippen LogP) is 1.23. The quantitative estimate of drug-likeness (QED) is 0.882. The maximum atomic E-state index is 11.6. The Bertz CT molecular complexity index is 553. The summed E-state index contributed by atoms with van der Waals surface area (Å²) in [5, 5.41) is 17.1. The Morgan fingerprint density at radius 2 is 2.11 bits per heavy atom. The van der Waals surface area contributed by atoms with Gasteiger partial charge in [0.15, 0.2) is 5.82 Å². The maximum Gasteiger partial charge on any atom is 0.319 e. The lowest BCUT2D eigenvalue weighted by molar-refractivity contribution is 0.252. The smallest absolute Gasteiger partial charge is 0.319 e. The third-order valence-corrected chi connectivity index (χ3v) is 2.70. The van der Waals surface area contributed by atoms with Crippen LogP contribution >= 0.6 is 11.6 Å². The third kappa shape index (κ3) is 3.92. The molecular formula is C11H13ClN6O. The highest BCUT2D eigenvalue weighted by Crippen LogP contribution is 2.12. The highest BCUT2D eigenvalue weighted by atomic mass is 35.5. The number of halogens is 1. The SMILES string of the molecule is Cn1nnnc1CCNC(=O)Nc1ccc(Cl)cc1.